The molecule has 98 valence electrons. The van der Waals surface area contributed by atoms with Gasteiger partial charge >= 0.3 is 5.97 Å². The first-order valence-electron chi connectivity index (χ1n) is 6.33. The minimum atomic E-state index is -0.678. The van der Waals surface area contributed by atoms with E-state index in [1.807, 2.05) is 11.8 Å². The van der Waals surface area contributed by atoms with E-state index in [0.717, 1.165) is 37.5 Å². The van der Waals surface area contributed by atoms with E-state index in [2.05, 4.69) is 11.8 Å². The number of rotatable bonds is 3. The van der Waals surface area contributed by atoms with Gasteiger partial charge < -0.3 is 9.84 Å². The second kappa shape index (κ2) is 6.07. The van der Waals surface area contributed by atoms with Crippen LogP contribution in [0.15, 0.2) is 0 Å². The standard InChI is InChI=1S/C12H21NO3S/c1-9-6-10(2-4-16-9)13-3-5-17-8-11(13)7-12(14)15/h9-11H,2-8H2,1H3,(H,14,15). The van der Waals surface area contributed by atoms with Gasteiger partial charge in [-0.3, -0.25) is 9.69 Å². The van der Waals surface area contributed by atoms with Crippen molar-refractivity contribution in [2.75, 3.05) is 24.7 Å². The predicted octanol–water partition coefficient (Wildman–Crippen LogP) is 1.45. The van der Waals surface area contributed by atoms with Gasteiger partial charge in [0.2, 0.25) is 0 Å². The summed E-state index contributed by atoms with van der Waals surface area (Å²) >= 11 is 1.88. The summed E-state index contributed by atoms with van der Waals surface area (Å²) in [7, 11) is 0. The Labute approximate surface area is 107 Å². The number of carbonyl (C=O) groups is 1. The van der Waals surface area contributed by atoms with E-state index in [1.165, 1.54) is 0 Å². The van der Waals surface area contributed by atoms with E-state index in [-0.39, 0.29) is 12.5 Å². The van der Waals surface area contributed by atoms with Crippen molar-refractivity contribution >= 4 is 17.7 Å². The summed E-state index contributed by atoms with van der Waals surface area (Å²) in [6, 6.07) is 0.727. The van der Waals surface area contributed by atoms with Gasteiger partial charge in [-0.15, -0.1) is 0 Å². The highest BCUT2D eigenvalue weighted by atomic mass is 32.2. The maximum Gasteiger partial charge on any atom is 0.304 e. The van der Waals surface area contributed by atoms with Crippen molar-refractivity contribution in [2.45, 2.75) is 44.4 Å². The molecule has 0 aromatic carbocycles. The second-order valence-electron chi connectivity index (χ2n) is 4.92. The first kappa shape index (κ1) is 13.2. The summed E-state index contributed by atoms with van der Waals surface area (Å²) < 4.78 is 5.57. The lowest BCUT2D eigenvalue weighted by Crippen LogP contribution is -2.51. The number of thioether (sulfide) groups is 1. The van der Waals surface area contributed by atoms with Crippen molar-refractivity contribution < 1.29 is 14.6 Å². The minimum Gasteiger partial charge on any atom is -0.481 e. The highest BCUT2D eigenvalue weighted by Gasteiger charge is 2.33. The normalized spacial score (nSPS) is 35.7. The highest BCUT2D eigenvalue weighted by Crippen LogP contribution is 2.27. The van der Waals surface area contributed by atoms with Crippen molar-refractivity contribution in [1.29, 1.82) is 0 Å². The Balaban J connectivity index is 1.97. The highest BCUT2D eigenvalue weighted by molar-refractivity contribution is 7.99. The number of hydrogen-bond acceptors (Lipinski definition) is 4. The van der Waals surface area contributed by atoms with Gasteiger partial charge in [0.05, 0.1) is 12.5 Å². The Morgan fingerprint density at radius 3 is 3.12 bits per heavy atom. The number of carboxylic acid groups (broad SMARTS) is 1. The quantitative estimate of drug-likeness (QED) is 0.831. The first-order chi connectivity index (χ1) is 8.16. The first-order valence-corrected chi connectivity index (χ1v) is 7.49. The molecule has 2 fully saturated rings. The molecule has 0 aliphatic carbocycles. The van der Waals surface area contributed by atoms with Gasteiger partial charge in [0, 0.05) is 36.7 Å². The number of ether oxygens (including phenoxy) is 1. The van der Waals surface area contributed by atoms with E-state index in [0.29, 0.717) is 12.1 Å². The van der Waals surface area contributed by atoms with Crippen molar-refractivity contribution in [2.24, 2.45) is 0 Å². The summed E-state index contributed by atoms with van der Waals surface area (Å²) in [6.45, 7) is 3.95. The monoisotopic (exact) mass is 259 g/mol. The molecule has 4 nitrogen and oxygen atoms in total. The molecule has 0 bridgehead atoms. The van der Waals surface area contributed by atoms with Gasteiger partial charge in [0.1, 0.15) is 0 Å². The molecule has 2 saturated heterocycles. The second-order valence-corrected chi connectivity index (χ2v) is 6.07. The van der Waals surface area contributed by atoms with Crippen molar-refractivity contribution in [1.82, 2.24) is 4.90 Å². The molecular weight excluding hydrogens is 238 g/mol. The Kier molecular flexibility index (Phi) is 4.70. The van der Waals surface area contributed by atoms with Gasteiger partial charge in [-0.2, -0.15) is 11.8 Å². The number of carboxylic acids is 1. The zero-order valence-electron chi connectivity index (χ0n) is 10.3. The molecule has 3 unspecified atom stereocenters. The van der Waals surface area contributed by atoms with E-state index < -0.39 is 5.97 Å². The smallest absolute Gasteiger partial charge is 0.304 e. The van der Waals surface area contributed by atoms with E-state index in [1.54, 1.807) is 0 Å². The van der Waals surface area contributed by atoms with Crippen molar-refractivity contribution in [3.8, 4) is 0 Å². The van der Waals surface area contributed by atoms with Gasteiger partial charge in [0.25, 0.3) is 0 Å². The summed E-state index contributed by atoms with van der Waals surface area (Å²) in [5, 5.41) is 8.97. The molecule has 0 aromatic heterocycles. The third kappa shape index (κ3) is 3.60. The summed E-state index contributed by atoms with van der Waals surface area (Å²) in [5.74, 6) is 1.41. The van der Waals surface area contributed by atoms with Crippen molar-refractivity contribution in [3.63, 3.8) is 0 Å². The minimum absolute atomic E-state index is 0.210. The van der Waals surface area contributed by atoms with Crippen LogP contribution in [0.4, 0.5) is 0 Å². The van der Waals surface area contributed by atoms with Crippen LogP contribution in [0.1, 0.15) is 26.2 Å². The molecule has 3 atom stereocenters. The maximum absolute atomic E-state index is 10.9. The fourth-order valence-electron chi connectivity index (χ4n) is 2.80. The largest absolute Gasteiger partial charge is 0.481 e. The molecule has 2 rings (SSSR count). The zero-order valence-corrected chi connectivity index (χ0v) is 11.1. The third-order valence-corrected chi connectivity index (χ3v) is 4.70. The molecule has 0 radical (unpaired) electrons. The van der Waals surface area contributed by atoms with Crippen LogP contribution in [0.2, 0.25) is 0 Å². The average Bonchev–Trinajstić information content (AvgIpc) is 2.29. The van der Waals surface area contributed by atoms with Crippen LogP contribution in [0, 0.1) is 0 Å². The lowest BCUT2D eigenvalue weighted by molar-refractivity contribution is -0.138. The summed E-state index contributed by atoms with van der Waals surface area (Å²) in [6.07, 6.45) is 2.68. The number of hydrogen-bond donors (Lipinski definition) is 1. The fraction of sp³-hybridized carbons (Fsp3) is 0.917. The van der Waals surface area contributed by atoms with Gasteiger partial charge in [-0.05, 0) is 19.8 Å². The van der Waals surface area contributed by atoms with Crippen LogP contribution < -0.4 is 0 Å². The molecule has 0 aromatic rings. The topological polar surface area (TPSA) is 49.8 Å². The third-order valence-electron chi connectivity index (χ3n) is 3.61. The van der Waals surface area contributed by atoms with E-state index >= 15 is 0 Å². The molecule has 0 spiro atoms. The van der Waals surface area contributed by atoms with Crippen LogP contribution in [-0.2, 0) is 9.53 Å². The maximum atomic E-state index is 10.9. The SMILES string of the molecule is CC1CC(N2CCSCC2CC(=O)O)CCO1. The van der Waals surface area contributed by atoms with Crippen LogP contribution in [0.25, 0.3) is 0 Å². The molecule has 2 aliphatic rings. The Morgan fingerprint density at radius 1 is 1.59 bits per heavy atom. The molecule has 5 heteroatoms. The Hall–Kier alpha value is -0.260. The number of aliphatic carboxylic acids is 1. The van der Waals surface area contributed by atoms with Crippen LogP contribution in [0.5, 0.6) is 0 Å². The molecule has 2 aliphatic heterocycles. The van der Waals surface area contributed by atoms with Crippen LogP contribution in [-0.4, -0.2) is 58.8 Å². The lowest BCUT2D eigenvalue weighted by atomic mass is 10.00. The van der Waals surface area contributed by atoms with Crippen molar-refractivity contribution in [3.05, 3.63) is 0 Å². The molecular formula is C12H21NO3S. The predicted molar refractivity (Wildman–Crippen MR) is 68.5 cm³/mol. The van der Waals surface area contributed by atoms with Crippen LogP contribution in [0.3, 0.4) is 0 Å². The summed E-state index contributed by atoms with van der Waals surface area (Å²) in [5.41, 5.74) is 0. The zero-order chi connectivity index (χ0) is 12.3. The van der Waals surface area contributed by atoms with E-state index in [9.17, 15) is 4.79 Å². The summed E-state index contributed by atoms with van der Waals surface area (Å²) in [4.78, 5) is 13.3. The lowest BCUT2D eigenvalue weighted by Gasteiger charge is -2.43. The van der Waals surface area contributed by atoms with Gasteiger partial charge in [-0.25, -0.2) is 0 Å². The molecule has 17 heavy (non-hydrogen) atoms. The molecule has 0 amide bonds. The van der Waals surface area contributed by atoms with Crippen LogP contribution >= 0.6 is 11.8 Å². The molecule has 2 heterocycles. The van der Waals surface area contributed by atoms with E-state index in [4.69, 9.17) is 9.84 Å². The average molecular weight is 259 g/mol. The van der Waals surface area contributed by atoms with Gasteiger partial charge in [-0.1, -0.05) is 0 Å². The fourth-order valence-corrected chi connectivity index (χ4v) is 3.89. The van der Waals surface area contributed by atoms with Gasteiger partial charge in [0.15, 0.2) is 0 Å². The number of nitrogens with zero attached hydrogens (tertiary/aromatic N) is 1. The molecule has 1 N–H and O–H groups in total. The Morgan fingerprint density at radius 2 is 2.41 bits per heavy atom. The molecule has 0 saturated carbocycles. The Bertz CT molecular complexity index is 274.